The molecule has 1 aromatic rings. The average Bonchev–Trinajstić information content (AvgIpc) is 2.68. The molecule has 0 saturated heterocycles. The van der Waals surface area contributed by atoms with E-state index < -0.39 is 0 Å². The van der Waals surface area contributed by atoms with Gasteiger partial charge < -0.3 is 21.7 Å². The minimum Gasteiger partial charge on any atom is -0.382 e. The second-order valence-electron chi connectivity index (χ2n) is 4.50. The van der Waals surface area contributed by atoms with Gasteiger partial charge >= 0.3 is 0 Å². The van der Waals surface area contributed by atoms with Crippen LogP contribution in [-0.2, 0) is 0 Å². The Labute approximate surface area is 118 Å². The normalized spacial score (nSPS) is 10.7. The van der Waals surface area contributed by atoms with Crippen molar-refractivity contribution < 1.29 is 4.79 Å². The largest absolute Gasteiger partial charge is 0.382 e. The Morgan fingerprint density at radius 1 is 1.42 bits per heavy atom. The number of aromatic nitrogens is 1. The molecule has 1 rings (SSSR count). The van der Waals surface area contributed by atoms with Crippen LogP contribution in [0.2, 0.25) is 0 Å². The second-order valence-corrected chi connectivity index (χ2v) is 5.49. The number of amides is 1. The number of anilines is 2. The Hall–Kier alpha value is -1.34. The fourth-order valence-electron chi connectivity index (χ4n) is 1.48. The molecule has 19 heavy (non-hydrogen) atoms. The fraction of sp³-hybridized carbons (Fsp3) is 0.667. The Bertz CT molecular complexity index is 405. The molecule has 0 radical (unpaired) electrons. The lowest BCUT2D eigenvalue weighted by atomic mass is 10.4. The number of nitrogens with zero attached hydrogens (tertiary/aromatic N) is 1. The molecule has 0 fully saturated rings. The van der Waals surface area contributed by atoms with Gasteiger partial charge in [0.2, 0.25) is 0 Å². The summed E-state index contributed by atoms with van der Waals surface area (Å²) in [5.74, 6) is 0.139. The second kappa shape index (κ2) is 7.96. The van der Waals surface area contributed by atoms with Crippen LogP contribution in [0.3, 0.4) is 0 Å². The molecule has 108 valence electrons. The van der Waals surface area contributed by atoms with Crippen molar-refractivity contribution in [2.75, 3.05) is 30.7 Å². The van der Waals surface area contributed by atoms with E-state index in [-0.39, 0.29) is 17.8 Å². The van der Waals surface area contributed by atoms with E-state index in [9.17, 15) is 4.79 Å². The Kier molecular flexibility index (Phi) is 6.58. The molecule has 0 aromatic carbocycles. The van der Waals surface area contributed by atoms with Crippen molar-refractivity contribution in [2.24, 2.45) is 0 Å². The first-order valence-corrected chi connectivity index (χ1v) is 7.38. The Balaban J connectivity index is 2.45. The predicted octanol–water partition coefficient (Wildman–Crippen LogP) is 1.27. The molecule has 7 heteroatoms. The van der Waals surface area contributed by atoms with Crippen molar-refractivity contribution in [1.82, 2.24) is 15.6 Å². The molecule has 0 bridgehead atoms. The highest BCUT2D eigenvalue weighted by atomic mass is 32.1. The lowest BCUT2D eigenvalue weighted by molar-refractivity contribution is 0.0958. The van der Waals surface area contributed by atoms with E-state index in [4.69, 9.17) is 5.73 Å². The number of nitrogens with one attached hydrogen (secondary N) is 3. The third-order valence-electron chi connectivity index (χ3n) is 2.34. The molecule has 1 amide bonds. The van der Waals surface area contributed by atoms with Crippen molar-refractivity contribution in [1.29, 1.82) is 0 Å². The van der Waals surface area contributed by atoms with Gasteiger partial charge in [-0.1, -0.05) is 18.3 Å². The van der Waals surface area contributed by atoms with Crippen molar-refractivity contribution in [3.63, 3.8) is 0 Å². The van der Waals surface area contributed by atoms with Crippen LogP contribution in [0.4, 0.5) is 10.9 Å². The van der Waals surface area contributed by atoms with Gasteiger partial charge in [0.1, 0.15) is 10.7 Å². The van der Waals surface area contributed by atoms with E-state index in [1.807, 2.05) is 13.8 Å². The molecule has 1 aromatic heterocycles. The van der Waals surface area contributed by atoms with Gasteiger partial charge in [0.15, 0.2) is 5.13 Å². The highest BCUT2D eigenvalue weighted by Crippen LogP contribution is 2.25. The van der Waals surface area contributed by atoms with Crippen molar-refractivity contribution in [2.45, 2.75) is 33.2 Å². The summed E-state index contributed by atoms with van der Waals surface area (Å²) in [6, 6.07) is 0.265. The first kappa shape index (κ1) is 15.7. The number of thiazole rings is 1. The summed E-state index contributed by atoms with van der Waals surface area (Å²) >= 11 is 1.29. The molecular weight excluding hydrogens is 262 g/mol. The summed E-state index contributed by atoms with van der Waals surface area (Å²) in [4.78, 5) is 16.5. The SMILES string of the molecule is CCNCCCNC(=O)c1sc(NC(C)C)nc1N. The quantitative estimate of drug-likeness (QED) is 0.540. The molecule has 1 heterocycles. The van der Waals surface area contributed by atoms with Gasteiger partial charge in [-0.25, -0.2) is 4.98 Å². The summed E-state index contributed by atoms with van der Waals surface area (Å²) in [5, 5.41) is 9.88. The lowest BCUT2D eigenvalue weighted by Crippen LogP contribution is -2.27. The summed E-state index contributed by atoms with van der Waals surface area (Å²) in [6.45, 7) is 8.56. The minimum absolute atomic E-state index is 0.150. The molecule has 0 aliphatic carbocycles. The molecule has 0 atom stereocenters. The Morgan fingerprint density at radius 3 is 2.79 bits per heavy atom. The summed E-state index contributed by atoms with van der Waals surface area (Å²) in [6.07, 6.45) is 0.898. The van der Waals surface area contributed by atoms with Crippen molar-refractivity contribution >= 4 is 28.2 Å². The number of hydrogen-bond acceptors (Lipinski definition) is 6. The fourth-order valence-corrected chi connectivity index (χ4v) is 2.42. The molecule has 0 aliphatic rings. The van der Waals surface area contributed by atoms with Gasteiger partial charge in [0.05, 0.1) is 0 Å². The lowest BCUT2D eigenvalue weighted by Gasteiger charge is -2.04. The van der Waals surface area contributed by atoms with Crippen LogP contribution in [0, 0.1) is 0 Å². The number of carbonyl (C=O) groups is 1. The first-order chi connectivity index (χ1) is 9.04. The number of nitrogen functional groups attached to an aromatic ring is 1. The topological polar surface area (TPSA) is 92.1 Å². The van der Waals surface area contributed by atoms with E-state index in [0.717, 1.165) is 19.5 Å². The van der Waals surface area contributed by atoms with Gasteiger partial charge in [-0.3, -0.25) is 4.79 Å². The van der Waals surface area contributed by atoms with E-state index >= 15 is 0 Å². The summed E-state index contributed by atoms with van der Waals surface area (Å²) < 4.78 is 0. The van der Waals surface area contributed by atoms with Crippen LogP contribution < -0.4 is 21.7 Å². The molecule has 6 nitrogen and oxygen atoms in total. The molecule has 0 unspecified atom stereocenters. The van der Waals surface area contributed by atoms with Crippen LogP contribution in [0.15, 0.2) is 0 Å². The zero-order valence-electron chi connectivity index (χ0n) is 11.7. The van der Waals surface area contributed by atoms with Crippen molar-refractivity contribution in [3.05, 3.63) is 4.88 Å². The smallest absolute Gasteiger partial charge is 0.265 e. The zero-order chi connectivity index (χ0) is 14.3. The van der Waals surface area contributed by atoms with Crippen LogP contribution in [0.1, 0.15) is 36.9 Å². The number of nitrogens with two attached hydrogens (primary N) is 1. The number of carbonyl (C=O) groups excluding carboxylic acids is 1. The maximum Gasteiger partial charge on any atom is 0.265 e. The minimum atomic E-state index is -0.150. The van der Waals surface area contributed by atoms with E-state index in [1.54, 1.807) is 0 Å². The summed E-state index contributed by atoms with van der Waals surface area (Å²) in [5.41, 5.74) is 5.76. The summed E-state index contributed by atoms with van der Waals surface area (Å²) in [7, 11) is 0. The van der Waals surface area contributed by atoms with E-state index in [2.05, 4.69) is 27.9 Å². The number of hydrogen-bond donors (Lipinski definition) is 4. The first-order valence-electron chi connectivity index (χ1n) is 6.56. The number of rotatable bonds is 8. The molecule has 0 spiro atoms. The van der Waals surface area contributed by atoms with E-state index in [1.165, 1.54) is 11.3 Å². The van der Waals surface area contributed by atoms with E-state index in [0.29, 0.717) is 16.6 Å². The van der Waals surface area contributed by atoms with Gasteiger partial charge in [-0.15, -0.1) is 0 Å². The highest BCUT2D eigenvalue weighted by molar-refractivity contribution is 7.18. The van der Waals surface area contributed by atoms with Crippen LogP contribution in [0.25, 0.3) is 0 Å². The van der Waals surface area contributed by atoms with Crippen LogP contribution >= 0.6 is 11.3 Å². The third-order valence-corrected chi connectivity index (χ3v) is 3.34. The standard InChI is InChI=1S/C12H23N5OS/c1-4-14-6-5-7-15-11(18)9-10(13)17-12(19-9)16-8(2)3/h8,14H,4-7,13H2,1-3H3,(H,15,18)(H,16,17). The van der Waals surface area contributed by atoms with Crippen LogP contribution in [0.5, 0.6) is 0 Å². The van der Waals surface area contributed by atoms with Gasteiger partial charge in [-0.05, 0) is 33.4 Å². The predicted molar refractivity (Wildman–Crippen MR) is 80.8 cm³/mol. The average molecular weight is 285 g/mol. The maximum atomic E-state index is 11.9. The van der Waals surface area contributed by atoms with Gasteiger partial charge in [0.25, 0.3) is 5.91 Å². The zero-order valence-corrected chi connectivity index (χ0v) is 12.6. The Morgan fingerprint density at radius 2 is 2.16 bits per heavy atom. The highest BCUT2D eigenvalue weighted by Gasteiger charge is 2.15. The monoisotopic (exact) mass is 285 g/mol. The van der Waals surface area contributed by atoms with Crippen LogP contribution in [-0.4, -0.2) is 36.6 Å². The molecule has 0 aliphatic heterocycles. The molecule has 5 N–H and O–H groups in total. The maximum absolute atomic E-state index is 11.9. The third kappa shape index (κ3) is 5.44. The molecular formula is C12H23N5OS. The van der Waals surface area contributed by atoms with Crippen molar-refractivity contribution in [3.8, 4) is 0 Å². The van der Waals surface area contributed by atoms with Gasteiger partial charge in [-0.2, -0.15) is 0 Å². The molecule has 0 saturated carbocycles. The van der Waals surface area contributed by atoms with Gasteiger partial charge in [0, 0.05) is 12.6 Å².